The number of nitriles is 1. The van der Waals surface area contributed by atoms with Crippen molar-refractivity contribution in [3.05, 3.63) is 0 Å². The first-order chi connectivity index (χ1) is 6.22. The molecule has 1 atom stereocenters. The van der Waals surface area contributed by atoms with E-state index >= 15 is 0 Å². The van der Waals surface area contributed by atoms with Crippen LogP contribution in [0.1, 0.15) is 12.8 Å². The van der Waals surface area contributed by atoms with E-state index in [0.29, 0.717) is 11.8 Å². The molecule has 1 amide bonds. The van der Waals surface area contributed by atoms with E-state index in [1.807, 2.05) is 0 Å². The third-order valence-corrected chi connectivity index (χ3v) is 3.52. The minimum Gasteiger partial charge on any atom is -0.337 e. The van der Waals surface area contributed by atoms with Crippen LogP contribution in [0, 0.1) is 11.3 Å². The summed E-state index contributed by atoms with van der Waals surface area (Å²) in [6.07, 6.45) is 1.20. The molecule has 0 aromatic rings. The van der Waals surface area contributed by atoms with E-state index in [9.17, 15) is 4.79 Å². The number of thioether (sulfide) groups is 1. The van der Waals surface area contributed by atoms with Gasteiger partial charge >= 0.3 is 0 Å². The van der Waals surface area contributed by atoms with Gasteiger partial charge in [0.1, 0.15) is 5.54 Å². The molecule has 1 fully saturated rings. The highest BCUT2D eigenvalue weighted by atomic mass is 79.9. The van der Waals surface area contributed by atoms with Gasteiger partial charge in [0, 0.05) is 17.5 Å². The Morgan fingerprint density at radius 2 is 2.54 bits per heavy atom. The molecule has 0 saturated carbocycles. The zero-order chi connectivity index (χ0) is 9.73. The van der Waals surface area contributed by atoms with E-state index in [4.69, 9.17) is 5.26 Å². The Morgan fingerprint density at radius 1 is 1.77 bits per heavy atom. The number of alkyl halides is 1. The molecular formula is C8H11BrN2OS. The minimum atomic E-state index is -0.593. The van der Waals surface area contributed by atoms with Gasteiger partial charge in [0.2, 0.25) is 5.91 Å². The number of halogens is 1. The van der Waals surface area contributed by atoms with Gasteiger partial charge in [0.15, 0.2) is 0 Å². The van der Waals surface area contributed by atoms with Crippen molar-refractivity contribution in [2.75, 3.05) is 16.8 Å². The van der Waals surface area contributed by atoms with Crippen LogP contribution in [-0.2, 0) is 4.79 Å². The predicted molar refractivity (Wildman–Crippen MR) is 56.8 cm³/mol. The van der Waals surface area contributed by atoms with Crippen molar-refractivity contribution in [3.8, 4) is 6.07 Å². The molecule has 1 unspecified atom stereocenters. The van der Waals surface area contributed by atoms with Gasteiger partial charge in [-0.25, -0.2) is 0 Å². The van der Waals surface area contributed by atoms with E-state index in [1.54, 1.807) is 11.8 Å². The number of nitrogens with one attached hydrogen (secondary N) is 1. The molecule has 1 N–H and O–H groups in total. The molecule has 72 valence electrons. The Labute approximate surface area is 90.4 Å². The highest BCUT2D eigenvalue weighted by Crippen LogP contribution is 2.27. The second-order valence-corrected chi connectivity index (χ2v) is 4.88. The summed E-state index contributed by atoms with van der Waals surface area (Å²) < 4.78 is 0. The summed E-state index contributed by atoms with van der Waals surface area (Å²) in [5.41, 5.74) is -0.593. The van der Waals surface area contributed by atoms with E-state index in [2.05, 4.69) is 27.3 Å². The van der Waals surface area contributed by atoms with Crippen LogP contribution in [0.4, 0.5) is 0 Å². The van der Waals surface area contributed by atoms with Crippen molar-refractivity contribution in [1.82, 2.24) is 5.32 Å². The molecule has 0 aliphatic carbocycles. The summed E-state index contributed by atoms with van der Waals surface area (Å²) in [5, 5.41) is 12.4. The van der Waals surface area contributed by atoms with Gasteiger partial charge in [-0.2, -0.15) is 17.0 Å². The quantitative estimate of drug-likeness (QED) is 0.780. The Hall–Kier alpha value is -0.210. The van der Waals surface area contributed by atoms with Crippen LogP contribution in [0.25, 0.3) is 0 Å². The van der Waals surface area contributed by atoms with Crippen molar-refractivity contribution in [1.29, 1.82) is 5.26 Å². The molecule has 1 saturated heterocycles. The van der Waals surface area contributed by atoms with Crippen molar-refractivity contribution in [2.45, 2.75) is 18.4 Å². The summed E-state index contributed by atoms with van der Waals surface area (Å²) >= 11 is 4.91. The lowest BCUT2D eigenvalue weighted by atomic mass is 10.0. The Balaban J connectivity index is 2.49. The molecule has 13 heavy (non-hydrogen) atoms. The van der Waals surface area contributed by atoms with Gasteiger partial charge in [0.05, 0.1) is 6.07 Å². The Bertz CT molecular complexity index is 233. The van der Waals surface area contributed by atoms with Crippen molar-refractivity contribution < 1.29 is 4.79 Å². The Kier molecular flexibility index (Phi) is 4.07. The summed E-state index contributed by atoms with van der Waals surface area (Å²) in [6, 6.07) is 2.20. The van der Waals surface area contributed by atoms with Gasteiger partial charge < -0.3 is 5.32 Å². The SMILES string of the molecule is N#CC1(NC(=O)CCBr)CCSC1. The summed E-state index contributed by atoms with van der Waals surface area (Å²) in [4.78, 5) is 11.3. The fraction of sp³-hybridized carbons (Fsp3) is 0.750. The van der Waals surface area contributed by atoms with E-state index in [0.717, 1.165) is 17.9 Å². The molecule has 0 aromatic heterocycles. The number of amides is 1. The standard InChI is InChI=1S/C8H11BrN2OS/c9-3-1-7(12)11-8(5-10)2-4-13-6-8/h1-4,6H2,(H,11,12). The van der Waals surface area contributed by atoms with Crippen LogP contribution in [-0.4, -0.2) is 28.3 Å². The number of carbonyl (C=O) groups is 1. The molecular weight excluding hydrogens is 252 g/mol. The van der Waals surface area contributed by atoms with Crippen LogP contribution in [0.15, 0.2) is 0 Å². The smallest absolute Gasteiger partial charge is 0.222 e. The lowest BCUT2D eigenvalue weighted by molar-refractivity contribution is -0.121. The molecule has 0 spiro atoms. The average molecular weight is 263 g/mol. The van der Waals surface area contributed by atoms with E-state index in [-0.39, 0.29) is 5.91 Å². The fourth-order valence-electron chi connectivity index (χ4n) is 1.19. The third kappa shape index (κ3) is 2.89. The van der Waals surface area contributed by atoms with Gasteiger partial charge in [-0.05, 0) is 12.2 Å². The summed E-state index contributed by atoms with van der Waals surface area (Å²) in [6.45, 7) is 0. The Morgan fingerprint density at radius 3 is 3.00 bits per heavy atom. The molecule has 0 aromatic carbocycles. The van der Waals surface area contributed by atoms with Gasteiger partial charge in [0.25, 0.3) is 0 Å². The minimum absolute atomic E-state index is 0.0408. The maximum Gasteiger partial charge on any atom is 0.222 e. The maximum atomic E-state index is 11.3. The number of rotatable bonds is 3. The molecule has 1 aliphatic rings. The monoisotopic (exact) mass is 262 g/mol. The molecule has 5 heteroatoms. The average Bonchev–Trinajstić information content (AvgIpc) is 2.54. The first-order valence-corrected chi connectivity index (χ1v) is 6.36. The summed E-state index contributed by atoms with van der Waals surface area (Å²) in [7, 11) is 0. The highest BCUT2D eigenvalue weighted by Gasteiger charge is 2.35. The third-order valence-electron chi connectivity index (χ3n) is 1.94. The molecule has 0 bridgehead atoms. The molecule has 1 heterocycles. The molecule has 1 aliphatic heterocycles. The largest absolute Gasteiger partial charge is 0.337 e. The van der Waals surface area contributed by atoms with Crippen LogP contribution < -0.4 is 5.32 Å². The lowest BCUT2D eigenvalue weighted by Crippen LogP contribution is -2.47. The van der Waals surface area contributed by atoms with E-state index in [1.165, 1.54) is 0 Å². The van der Waals surface area contributed by atoms with Crippen LogP contribution in [0.2, 0.25) is 0 Å². The second-order valence-electron chi connectivity index (χ2n) is 2.98. The lowest BCUT2D eigenvalue weighted by Gasteiger charge is -2.20. The van der Waals surface area contributed by atoms with Gasteiger partial charge in [-0.3, -0.25) is 4.79 Å². The first-order valence-electron chi connectivity index (χ1n) is 4.08. The van der Waals surface area contributed by atoms with Crippen LogP contribution in [0.5, 0.6) is 0 Å². The fourth-order valence-corrected chi connectivity index (χ4v) is 2.82. The van der Waals surface area contributed by atoms with E-state index < -0.39 is 5.54 Å². The van der Waals surface area contributed by atoms with Gasteiger partial charge in [-0.15, -0.1) is 0 Å². The van der Waals surface area contributed by atoms with Gasteiger partial charge in [-0.1, -0.05) is 15.9 Å². The van der Waals surface area contributed by atoms with Crippen molar-refractivity contribution in [3.63, 3.8) is 0 Å². The highest BCUT2D eigenvalue weighted by molar-refractivity contribution is 9.09. The molecule has 0 radical (unpaired) electrons. The topological polar surface area (TPSA) is 52.9 Å². The number of carbonyl (C=O) groups excluding carboxylic acids is 1. The first kappa shape index (κ1) is 10.9. The normalized spacial score (nSPS) is 26.8. The maximum absolute atomic E-state index is 11.3. The molecule has 1 rings (SSSR count). The number of nitrogens with zero attached hydrogens (tertiary/aromatic N) is 1. The molecule has 3 nitrogen and oxygen atoms in total. The van der Waals surface area contributed by atoms with Crippen molar-refractivity contribution >= 4 is 33.6 Å². The zero-order valence-electron chi connectivity index (χ0n) is 7.18. The van der Waals surface area contributed by atoms with Crippen LogP contribution in [0.3, 0.4) is 0 Å². The summed E-state index contributed by atoms with van der Waals surface area (Å²) in [5.74, 6) is 1.64. The zero-order valence-corrected chi connectivity index (χ0v) is 9.58. The number of hydrogen-bond donors (Lipinski definition) is 1. The predicted octanol–water partition coefficient (Wildman–Crippen LogP) is 1.29. The van der Waals surface area contributed by atoms with Crippen molar-refractivity contribution in [2.24, 2.45) is 0 Å². The number of hydrogen-bond acceptors (Lipinski definition) is 3. The second kappa shape index (κ2) is 4.87. The van der Waals surface area contributed by atoms with Crippen LogP contribution >= 0.6 is 27.7 Å².